The van der Waals surface area contributed by atoms with Gasteiger partial charge in [0.2, 0.25) is 10.0 Å². The lowest BCUT2D eigenvalue weighted by Crippen LogP contribution is -2.42. The van der Waals surface area contributed by atoms with E-state index in [0.29, 0.717) is 49.4 Å². The van der Waals surface area contributed by atoms with Crippen molar-refractivity contribution in [2.24, 2.45) is 0 Å². The Morgan fingerprint density at radius 1 is 1.10 bits per heavy atom. The lowest BCUT2D eigenvalue weighted by molar-refractivity contribution is -0.139. The van der Waals surface area contributed by atoms with E-state index in [4.69, 9.17) is 0 Å². The smallest absolute Gasteiger partial charge is 0.308 e. The summed E-state index contributed by atoms with van der Waals surface area (Å²) in [5.74, 6) is -1.48. The number of sulfonamides is 1. The number of nitriles is 1. The molecule has 13 heteroatoms. The maximum atomic E-state index is 13.8. The number of amides is 2. The van der Waals surface area contributed by atoms with Crippen LogP contribution in [0.5, 0.6) is 0 Å². The first kappa shape index (κ1) is 31.0. The second-order valence-corrected chi connectivity index (χ2v) is 11.9. The average molecular weight is 604 g/mol. The van der Waals surface area contributed by atoms with Gasteiger partial charge in [-0.2, -0.15) is 18.4 Å². The quantitative estimate of drug-likeness (QED) is 0.317. The Bertz CT molecular complexity index is 1570. The van der Waals surface area contributed by atoms with Crippen LogP contribution >= 0.6 is 0 Å². The highest BCUT2D eigenvalue weighted by atomic mass is 32.2. The van der Waals surface area contributed by atoms with E-state index in [1.165, 1.54) is 4.90 Å². The van der Waals surface area contributed by atoms with Gasteiger partial charge in [-0.3, -0.25) is 9.80 Å². The number of nitrogens with zero attached hydrogens (tertiary/aromatic N) is 3. The number of urea groups is 1. The summed E-state index contributed by atoms with van der Waals surface area (Å²) < 4.78 is 80.1. The van der Waals surface area contributed by atoms with Crippen LogP contribution in [-0.4, -0.2) is 57.3 Å². The summed E-state index contributed by atoms with van der Waals surface area (Å²) in [5, 5.41) is 11.6. The van der Waals surface area contributed by atoms with Crippen molar-refractivity contribution in [3.63, 3.8) is 0 Å². The normalized spacial score (nSPS) is 15.8. The molecule has 3 aromatic carbocycles. The summed E-state index contributed by atoms with van der Waals surface area (Å²) in [4.78, 5) is 16.7. The average Bonchev–Trinajstić information content (AvgIpc) is 3.40. The largest absolute Gasteiger partial charge is 0.419 e. The minimum Gasteiger partial charge on any atom is -0.308 e. The molecule has 0 spiro atoms. The van der Waals surface area contributed by atoms with Gasteiger partial charge in [0.05, 0.1) is 22.9 Å². The van der Waals surface area contributed by atoms with Gasteiger partial charge >= 0.3 is 12.2 Å². The van der Waals surface area contributed by atoms with Gasteiger partial charge in [0.15, 0.2) is 0 Å². The minimum atomic E-state index is -4.94. The fourth-order valence-corrected chi connectivity index (χ4v) is 5.54. The molecule has 0 aliphatic carbocycles. The molecule has 2 N–H and O–H groups in total. The molecular formula is C29H29F4N5O3S. The van der Waals surface area contributed by atoms with Gasteiger partial charge in [0.1, 0.15) is 5.82 Å². The van der Waals surface area contributed by atoms with Crippen molar-refractivity contribution in [3.8, 4) is 17.2 Å². The number of alkyl halides is 3. The highest BCUT2D eigenvalue weighted by Gasteiger charge is 2.34. The molecule has 0 unspecified atom stereocenters. The molecule has 8 nitrogen and oxygen atoms in total. The van der Waals surface area contributed by atoms with Crippen molar-refractivity contribution in [3.05, 3.63) is 83.7 Å². The third-order valence-corrected chi connectivity index (χ3v) is 8.36. The third-order valence-electron chi connectivity index (χ3n) is 6.91. The number of likely N-dealkylation sites (tertiary alicyclic amines) is 1. The number of benzene rings is 3. The topological polar surface area (TPSA) is 106 Å². The number of anilines is 2. The Morgan fingerprint density at radius 2 is 1.83 bits per heavy atom. The lowest BCUT2D eigenvalue weighted by Gasteiger charge is -2.26. The van der Waals surface area contributed by atoms with E-state index in [1.807, 2.05) is 11.0 Å². The zero-order valence-corrected chi connectivity index (χ0v) is 23.5. The monoisotopic (exact) mass is 603 g/mol. The SMILES string of the molecule is CCS(=O)(=O)N[C@@H]1CCN(CCN(C(=O)Nc2ccc(F)c(C(F)(F)F)c2)c2ccc(-c3cccc(C#N)c3)cc2)C1. The van der Waals surface area contributed by atoms with E-state index in [2.05, 4.69) is 16.1 Å². The number of hydrogen-bond donors (Lipinski definition) is 2. The highest BCUT2D eigenvalue weighted by Crippen LogP contribution is 2.33. The Morgan fingerprint density at radius 3 is 2.50 bits per heavy atom. The van der Waals surface area contributed by atoms with Crippen LogP contribution in [-0.2, 0) is 16.2 Å². The van der Waals surface area contributed by atoms with Crippen LogP contribution < -0.4 is 14.9 Å². The van der Waals surface area contributed by atoms with E-state index in [-0.39, 0.29) is 24.0 Å². The molecule has 2 amide bonds. The van der Waals surface area contributed by atoms with Crippen molar-refractivity contribution in [2.75, 3.05) is 42.1 Å². The highest BCUT2D eigenvalue weighted by molar-refractivity contribution is 7.89. The second-order valence-electron chi connectivity index (χ2n) is 9.82. The number of carbonyl (C=O) groups is 1. The third kappa shape index (κ3) is 7.84. The van der Waals surface area contributed by atoms with Gasteiger partial charge in [-0.05, 0) is 73.5 Å². The molecule has 1 saturated heterocycles. The molecule has 1 heterocycles. The van der Waals surface area contributed by atoms with Crippen LogP contribution in [0.3, 0.4) is 0 Å². The molecule has 0 aromatic heterocycles. The fraction of sp³-hybridized carbons (Fsp3) is 0.310. The van der Waals surface area contributed by atoms with Crippen molar-refractivity contribution < 1.29 is 30.8 Å². The van der Waals surface area contributed by atoms with Gasteiger partial charge in [-0.25, -0.2) is 22.3 Å². The van der Waals surface area contributed by atoms with Crippen molar-refractivity contribution >= 4 is 27.4 Å². The zero-order chi connectivity index (χ0) is 30.5. The van der Waals surface area contributed by atoms with Gasteiger partial charge in [0.25, 0.3) is 0 Å². The molecule has 4 rings (SSSR count). The molecule has 42 heavy (non-hydrogen) atoms. The van der Waals surface area contributed by atoms with Crippen LogP contribution in [0.25, 0.3) is 11.1 Å². The molecule has 0 saturated carbocycles. The van der Waals surface area contributed by atoms with Gasteiger partial charge in [0, 0.05) is 37.1 Å². The summed E-state index contributed by atoms with van der Waals surface area (Å²) in [6, 6.07) is 17.2. The summed E-state index contributed by atoms with van der Waals surface area (Å²) in [6.45, 7) is 3.08. The number of nitrogens with one attached hydrogen (secondary N) is 2. The molecule has 3 aromatic rings. The number of halogens is 4. The van der Waals surface area contributed by atoms with Gasteiger partial charge in [-0.15, -0.1) is 0 Å². The Labute approximate surface area is 241 Å². The van der Waals surface area contributed by atoms with Gasteiger partial charge < -0.3 is 5.32 Å². The van der Waals surface area contributed by atoms with Gasteiger partial charge in [-0.1, -0.05) is 24.3 Å². The number of rotatable bonds is 9. The van der Waals surface area contributed by atoms with Crippen molar-refractivity contribution in [2.45, 2.75) is 25.6 Å². The summed E-state index contributed by atoms with van der Waals surface area (Å²) in [5.41, 5.74) is 0.802. The minimum absolute atomic E-state index is 0.0340. The first-order valence-electron chi connectivity index (χ1n) is 13.2. The maximum absolute atomic E-state index is 13.8. The molecule has 1 aliphatic heterocycles. The molecule has 1 aliphatic rings. The number of carbonyl (C=O) groups excluding carboxylic acids is 1. The maximum Gasteiger partial charge on any atom is 0.419 e. The number of hydrogen-bond acceptors (Lipinski definition) is 5. The van der Waals surface area contributed by atoms with E-state index in [0.717, 1.165) is 17.2 Å². The summed E-state index contributed by atoms with van der Waals surface area (Å²) >= 11 is 0. The van der Waals surface area contributed by atoms with Crippen molar-refractivity contribution in [1.82, 2.24) is 9.62 Å². The predicted molar refractivity (Wildman–Crippen MR) is 152 cm³/mol. The molecule has 222 valence electrons. The molecule has 0 radical (unpaired) electrons. The van der Waals surface area contributed by atoms with E-state index in [1.54, 1.807) is 49.4 Å². The summed E-state index contributed by atoms with van der Waals surface area (Å²) in [7, 11) is -3.37. The van der Waals surface area contributed by atoms with Crippen LogP contribution in [0, 0.1) is 17.1 Å². The molecule has 1 atom stereocenters. The van der Waals surface area contributed by atoms with Crippen LogP contribution in [0.15, 0.2) is 66.7 Å². The standard InChI is InChI=1S/C29H29F4N5O3S/c1-2-42(40,41)36-24-12-13-37(19-24)14-15-38(28(39)35-23-8-11-27(30)26(17-23)29(31,32)33)25-9-6-21(7-10-25)22-5-3-4-20(16-22)18-34/h3-11,16-17,24,36H,2,12-15,19H2,1H3,(H,35,39)/t24-/m1/s1. The first-order chi connectivity index (χ1) is 19.9. The Hall–Kier alpha value is -3.99. The molecule has 0 bridgehead atoms. The van der Waals surface area contributed by atoms with E-state index >= 15 is 0 Å². The second kappa shape index (κ2) is 12.9. The lowest BCUT2D eigenvalue weighted by atomic mass is 10.0. The Kier molecular flexibility index (Phi) is 9.50. The van der Waals surface area contributed by atoms with Crippen LogP contribution in [0.2, 0.25) is 0 Å². The van der Waals surface area contributed by atoms with Crippen LogP contribution in [0.4, 0.5) is 33.7 Å². The molecule has 1 fully saturated rings. The summed E-state index contributed by atoms with van der Waals surface area (Å²) in [6.07, 6.45) is -4.34. The Balaban J connectivity index is 1.55. The first-order valence-corrected chi connectivity index (χ1v) is 14.8. The predicted octanol–water partition coefficient (Wildman–Crippen LogP) is 5.44. The molecular weight excluding hydrogens is 574 g/mol. The zero-order valence-electron chi connectivity index (χ0n) is 22.7. The fourth-order valence-electron chi connectivity index (χ4n) is 4.67. The van der Waals surface area contributed by atoms with Crippen molar-refractivity contribution in [1.29, 1.82) is 5.26 Å². The van der Waals surface area contributed by atoms with Crippen LogP contribution in [0.1, 0.15) is 24.5 Å². The van der Waals surface area contributed by atoms with E-state index in [9.17, 15) is 36.0 Å². The van der Waals surface area contributed by atoms with E-state index < -0.39 is 33.6 Å².